The molecule has 0 unspecified atom stereocenters. The number of carbonyl (C=O) groups is 2. The van der Waals surface area contributed by atoms with Crippen LogP contribution in [-0.4, -0.2) is 42.9 Å². The minimum absolute atomic E-state index is 0.0801. The number of esters is 1. The van der Waals surface area contributed by atoms with Gasteiger partial charge in [-0.05, 0) is 42.8 Å². The van der Waals surface area contributed by atoms with Crippen molar-refractivity contribution in [1.82, 2.24) is 0 Å². The maximum absolute atomic E-state index is 12.5. The lowest BCUT2D eigenvalue weighted by Crippen LogP contribution is -2.14. The van der Waals surface area contributed by atoms with Crippen LogP contribution in [0.3, 0.4) is 0 Å². The van der Waals surface area contributed by atoms with Gasteiger partial charge in [-0.1, -0.05) is 36.0 Å². The molecule has 0 saturated heterocycles. The molecule has 2 aromatic rings. The third-order valence-corrected chi connectivity index (χ3v) is 5.32. The Bertz CT molecular complexity index is 1090. The number of ether oxygens (including phenoxy) is 3. The van der Waals surface area contributed by atoms with Crippen LogP contribution in [0.4, 0.5) is 0 Å². The monoisotopic (exact) mass is 439 g/mol. The zero-order valence-electron chi connectivity index (χ0n) is 17.2. The number of carbonyl (C=O) groups excluding carboxylic acids is 2. The molecule has 3 rings (SSSR count). The fourth-order valence-corrected chi connectivity index (χ4v) is 3.84. The van der Waals surface area contributed by atoms with E-state index in [1.807, 2.05) is 0 Å². The summed E-state index contributed by atoms with van der Waals surface area (Å²) in [6.07, 6.45) is 1.66. The van der Waals surface area contributed by atoms with Crippen LogP contribution in [-0.2, 0) is 9.53 Å². The molecule has 0 spiro atoms. The molecule has 0 bridgehead atoms. The average Bonchev–Trinajstić information content (AvgIpc) is 3.08. The molecule has 0 saturated carbocycles. The largest absolute Gasteiger partial charge is 0.506 e. The molecule has 7 nitrogen and oxygen atoms in total. The fraction of sp³-hybridized carbons (Fsp3) is 0.174. The van der Waals surface area contributed by atoms with Crippen LogP contribution in [0.25, 0.3) is 6.08 Å². The maximum atomic E-state index is 12.5. The molecule has 1 amide bonds. The Morgan fingerprint density at radius 2 is 1.77 bits per heavy atom. The van der Waals surface area contributed by atoms with E-state index in [1.165, 1.54) is 14.2 Å². The standard InChI is InChI=1S/C23H21NO6S/c1-4-30-23(27)19-20(25)18(13-14-10-11-16(28-2)17(12-14)29-3)31-22(19)24-21(26)15-8-6-5-7-9-15/h5-13,25H,4H2,1-3H3/b18-13-,24-22?. The second kappa shape index (κ2) is 9.99. The van der Waals surface area contributed by atoms with Crippen molar-refractivity contribution in [3.05, 3.63) is 75.9 Å². The van der Waals surface area contributed by atoms with Gasteiger partial charge in [-0.15, -0.1) is 0 Å². The highest BCUT2D eigenvalue weighted by atomic mass is 32.2. The van der Waals surface area contributed by atoms with Crippen molar-refractivity contribution in [2.75, 3.05) is 20.8 Å². The first-order valence-electron chi connectivity index (χ1n) is 9.39. The number of methoxy groups -OCH3 is 2. The molecule has 2 aromatic carbocycles. The van der Waals surface area contributed by atoms with E-state index in [-0.39, 0.29) is 23.0 Å². The van der Waals surface area contributed by atoms with Gasteiger partial charge in [-0.25, -0.2) is 9.79 Å². The van der Waals surface area contributed by atoms with Crippen molar-refractivity contribution in [1.29, 1.82) is 0 Å². The topological polar surface area (TPSA) is 94.4 Å². The van der Waals surface area contributed by atoms with Gasteiger partial charge in [0.2, 0.25) is 0 Å². The molecule has 0 aromatic heterocycles. The molecule has 0 fully saturated rings. The molecular formula is C23H21NO6S. The van der Waals surface area contributed by atoms with Gasteiger partial charge in [0, 0.05) is 5.56 Å². The summed E-state index contributed by atoms with van der Waals surface area (Å²) in [6, 6.07) is 13.7. The Morgan fingerprint density at radius 3 is 2.42 bits per heavy atom. The number of hydrogen-bond acceptors (Lipinski definition) is 7. The van der Waals surface area contributed by atoms with E-state index in [0.717, 1.165) is 11.8 Å². The lowest BCUT2D eigenvalue weighted by molar-refractivity contribution is -0.138. The summed E-state index contributed by atoms with van der Waals surface area (Å²) in [5.41, 5.74) is 0.934. The zero-order chi connectivity index (χ0) is 22.4. The van der Waals surface area contributed by atoms with Crippen LogP contribution < -0.4 is 9.47 Å². The first kappa shape index (κ1) is 22.2. The smallest absolute Gasteiger partial charge is 0.344 e. The highest BCUT2D eigenvalue weighted by Gasteiger charge is 2.34. The van der Waals surface area contributed by atoms with Crippen molar-refractivity contribution < 1.29 is 28.9 Å². The second-order valence-electron chi connectivity index (χ2n) is 6.26. The van der Waals surface area contributed by atoms with Gasteiger partial charge in [0.15, 0.2) is 11.5 Å². The lowest BCUT2D eigenvalue weighted by Gasteiger charge is -2.08. The molecule has 1 aliphatic rings. The Kier molecular flexibility index (Phi) is 7.15. The predicted molar refractivity (Wildman–Crippen MR) is 120 cm³/mol. The molecule has 1 heterocycles. The van der Waals surface area contributed by atoms with Gasteiger partial charge >= 0.3 is 5.97 Å². The van der Waals surface area contributed by atoms with Crippen LogP contribution in [0.2, 0.25) is 0 Å². The quantitative estimate of drug-likeness (QED) is 0.667. The highest BCUT2D eigenvalue weighted by molar-refractivity contribution is 8.18. The normalized spacial score (nSPS) is 16.0. The zero-order valence-corrected chi connectivity index (χ0v) is 18.1. The van der Waals surface area contributed by atoms with Crippen molar-refractivity contribution >= 4 is 34.8 Å². The van der Waals surface area contributed by atoms with Crippen LogP contribution >= 0.6 is 11.8 Å². The molecule has 0 radical (unpaired) electrons. The summed E-state index contributed by atoms with van der Waals surface area (Å²) in [4.78, 5) is 29.4. The van der Waals surface area contributed by atoms with E-state index >= 15 is 0 Å². The second-order valence-corrected chi connectivity index (χ2v) is 7.29. The van der Waals surface area contributed by atoms with E-state index in [4.69, 9.17) is 14.2 Å². The van der Waals surface area contributed by atoms with Gasteiger partial charge in [0.25, 0.3) is 5.91 Å². The SMILES string of the molecule is CCOC(=O)C1=C(O)/C(=C/c2ccc(OC)c(OC)c2)SC1=NC(=O)c1ccccc1. The van der Waals surface area contributed by atoms with Crippen molar-refractivity contribution in [2.24, 2.45) is 4.99 Å². The number of thioether (sulfide) groups is 1. The van der Waals surface area contributed by atoms with Crippen LogP contribution in [0.5, 0.6) is 11.5 Å². The van der Waals surface area contributed by atoms with Crippen LogP contribution in [0.15, 0.2) is 69.8 Å². The third-order valence-electron chi connectivity index (χ3n) is 4.30. The van der Waals surface area contributed by atoms with E-state index in [1.54, 1.807) is 61.5 Å². The molecular weight excluding hydrogens is 418 g/mol. The molecule has 160 valence electrons. The Labute approximate surface area is 184 Å². The molecule has 31 heavy (non-hydrogen) atoms. The van der Waals surface area contributed by atoms with Gasteiger partial charge in [-0.2, -0.15) is 0 Å². The number of aliphatic hydroxyl groups is 1. The number of benzene rings is 2. The molecule has 1 aliphatic heterocycles. The average molecular weight is 439 g/mol. The van der Waals surface area contributed by atoms with Gasteiger partial charge < -0.3 is 19.3 Å². The van der Waals surface area contributed by atoms with Crippen molar-refractivity contribution in [3.63, 3.8) is 0 Å². The maximum Gasteiger partial charge on any atom is 0.344 e. The number of hydrogen-bond donors (Lipinski definition) is 1. The summed E-state index contributed by atoms with van der Waals surface area (Å²) in [5, 5.41) is 10.8. The minimum Gasteiger partial charge on any atom is -0.506 e. The first-order chi connectivity index (χ1) is 15.0. The van der Waals surface area contributed by atoms with Gasteiger partial charge in [0.1, 0.15) is 16.4 Å². The number of rotatable bonds is 6. The van der Waals surface area contributed by atoms with E-state index in [2.05, 4.69) is 4.99 Å². The summed E-state index contributed by atoms with van der Waals surface area (Å²) in [6.45, 7) is 1.78. The molecule has 0 aliphatic carbocycles. The summed E-state index contributed by atoms with van der Waals surface area (Å²) in [5.74, 6) is -0.487. The van der Waals surface area contributed by atoms with Crippen molar-refractivity contribution in [2.45, 2.75) is 6.92 Å². The number of amides is 1. The Hall–Kier alpha value is -3.52. The van der Waals surface area contributed by atoms with E-state index in [9.17, 15) is 14.7 Å². The Balaban J connectivity index is 2.02. The minimum atomic E-state index is -0.747. The molecule has 8 heteroatoms. The van der Waals surface area contributed by atoms with Crippen LogP contribution in [0, 0.1) is 0 Å². The summed E-state index contributed by atoms with van der Waals surface area (Å²) in [7, 11) is 3.06. The van der Waals surface area contributed by atoms with E-state index in [0.29, 0.717) is 27.5 Å². The van der Waals surface area contributed by atoms with Crippen molar-refractivity contribution in [3.8, 4) is 11.5 Å². The predicted octanol–water partition coefficient (Wildman–Crippen LogP) is 4.41. The fourth-order valence-electron chi connectivity index (χ4n) is 2.82. The van der Waals surface area contributed by atoms with Gasteiger partial charge in [0.05, 0.1) is 25.7 Å². The van der Waals surface area contributed by atoms with E-state index < -0.39 is 11.9 Å². The third kappa shape index (κ3) is 4.97. The summed E-state index contributed by atoms with van der Waals surface area (Å²) >= 11 is 1.02. The van der Waals surface area contributed by atoms with Gasteiger partial charge in [-0.3, -0.25) is 4.79 Å². The highest BCUT2D eigenvalue weighted by Crippen LogP contribution is 2.40. The number of aliphatic hydroxyl groups excluding tert-OH is 1. The lowest BCUT2D eigenvalue weighted by atomic mass is 10.1. The summed E-state index contributed by atoms with van der Waals surface area (Å²) < 4.78 is 15.6. The first-order valence-corrected chi connectivity index (χ1v) is 10.2. The molecule has 0 atom stereocenters. The number of aliphatic imine (C=N–C) groups is 1. The Morgan fingerprint density at radius 1 is 1.06 bits per heavy atom. The molecule has 1 N–H and O–H groups in total. The van der Waals surface area contributed by atoms with Crippen LogP contribution in [0.1, 0.15) is 22.8 Å². The number of nitrogens with zero attached hydrogens (tertiary/aromatic N) is 1.